The summed E-state index contributed by atoms with van der Waals surface area (Å²) in [5.74, 6) is 0. The van der Waals surface area contributed by atoms with Crippen LogP contribution in [0.2, 0.25) is 5.02 Å². The first-order chi connectivity index (χ1) is 8.18. The van der Waals surface area contributed by atoms with Crippen LogP contribution >= 0.6 is 11.6 Å². The van der Waals surface area contributed by atoms with Crippen molar-refractivity contribution >= 4 is 17.3 Å². The quantitative estimate of drug-likeness (QED) is 0.780. The molecule has 2 aromatic carbocycles. The molecular weight excluding hydrogens is 230 g/mol. The SMILES string of the molecule is Cc1c(Cl)cccc1N(C)Cc1ccccc1. The van der Waals surface area contributed by atoms with E-state index in [0.29, 0.717) is 0 Å². The van der Waals surface area contributed by atoms with Gasteiger partial charge in [-0.25, -0.2) is 0 Å². The molecule has 2 rings (SSSR count). The molecule has 0 radical (unpaired) electrons. The number of anilines is 1. The van der Waals surface area contributed by atoms with Gasteiger partial charge < -0.3 is 4.90 Å². The van der Waals surface area contributed by atoms with Crippen LogP contribution in [0.1, 0.15) is 11.1 Å². The summed E-state index contributed by atoms with van der Waals surface area (Å²) in [6.07, 6.45) is 0. The molecule has 0 saturated heterocycles. The van der Waals surface area contributed by atoms with Gasteiger partial charge in [-0.05, 0) is 30.2 Å². The Bertz CT molecular complexity index is 494. The molecule has 0 bridgehead atoms. The molecule has 0 amide bonds. The third-order valence-corrected chi connectivity index (χ3v) is 3.32. The molecule has 2 aromatic rings. The van der Waals surface area contributed by atoms with Crippen LogP contribution in [-0.2, 0) is 6.54 Å². The first-order valence-electron chi connectivity index (χ1n) is 5.68. The summed E-state index contributed by atoms with van der Waals surface area (Å²) in [5, 5.41) is 0.822. The summed E-state index contributed by atoms with van der Waals surface area (Å²) < 4.78 is 0. The van der Waals surface area contributed by atoms with Gasteiger partial charge in [-0.3, -0.25) is 0 Å². The molecule has 0 spiro atoms. The van der Waals surface area contributed by atoms with E-state index in [-0.39, 0.29) is 0 Å². The van der Waals surface area contributed by atoms with Crippen molar-refractivity contribution in [2.24, 2.45) is 0 Å². The minimum absolute atomic E-state index is 0.822. The zero-order valence-electron chi connectivity index (χ0n) is 10.2. The van der Waals surface area contributed by atoms with Crippen molar-refractivity contribution in [1.29, 1.82) is 0 Å². The van der Waals surface area contributed by atoms with Crippen LogP contribution in [0.4, 0.5) is 5.69 Å². The van der Waals surface area contributed by atoms with Crippen LogP contribution in [0.25, 0.3) is 0 Å². The third-order valence-electron chi connectivity index (χ3n) is 2.91. The van der Waals surface area contributed by atoms with Gasteiger partial charge in [-0.15, -0.1) is 0 Å². The molecule has 0 unspecified atom stereocenters. The minimum Gasteiger partial charge on any atom is -0.370 e. The lowest BCUT2D eigenvalue weighted by molar-refractivity contribution is 0.917. The molecule has 0 atom stereocenters. The van der Waals surface area contributed by atoms with E-state index >= 15 is 0 Å². The summed E-state index contributed by atoms with van der Waals surface area (Å²) in [7, 11) is 2.09. The Hall–Kier alpha value is -1.47. The standard InChI is InChI=1S/C15H16ClN/c1-12-14(16)9-6-10-15(12)17(2)11-13-7-4-3-5-8-13/h3-10H,11H2,1-2H3. The highest BCUT2D eigenvalue weighted by atomic mass is 35.5. The van der Waals surface area contributed by atoms with Gasteiger partial charge in [-0.2, -0.15) is 0 Å². The van der Waals surface area contributed by atoms with Crippen LogP contribution in [0, 0.1) is 6.92 Å². The average Bonchev–Trinajstić information content (AvgIpc) is 2.34. The van der Waals surface area contributed by atoms with Crippen molar-refractivity contribution < 1.29 is 0 Å². The number of halogens is 1. The molecule has 88 valence electrons. The first kappa shape index (κ1) is 12.0. The second-order valence-electron chi connectivity index (χ2n) is 4.23. The van der Waals surface area contributed by atoms with Crippen molar-refractivity contribution in [1.82, 2.24) is 0 Å². The fraction of sp³-hybridized carbons (Fsp3) is 0.200. The van der Waals surface area contributed by atoms with Gasteiger partial charge in [0.1, 0.15) is 0 Å². The van der Waals surface area contributed by atoms with Gasteiger partial charge in [0.2, 0.25) is 0 Å². The minimum atomic E-state index is 0.822. The Morgan fingerprint density at radius 2 is 1.71 bits per heavy atom. The second kappa shape index (κ2) is 5.24. The highest BCUT2D eigenvalue weighted by molar-refractivity contribution is 6.31. The Labute approximate surface area is 108 Å². The maximum atomic E-state index is 6.13. The van der Waals surface area contributed by atoms with Gasteiger partial charge in [-0.1, -0.05) is 48.0 Å². The highest BCUT2D eigenvalue weighted by Gasteiger charge is 2.07. The highest BCUT2D eigenvalue weighted by Crippen LogP contribution is 2.26. The topological polar surface area (TPSA) is 3.24 Å². The number of benzene rings is 2. The summed E-state index contributed by atoms with van der Waals surface area (Å²) in [5.41, 5.74) is 3.61. The fourth-order valence-corrected chi connectivity index (χ4v) is 2.12. The van der Waals surface area contributed by atoms with Crippen molar-refractivity contribution in [3.8, 4) is 0 Å². The van der Waals surface area contributed by atoms with Gasteiger partial charge in [0.25, 0.3) is 0 Å². The molecule has 0 aliphatic rings. The molecule has 0 fully saturated rings. The van der Waals surface area contributed by atoms with Crippen LogP contribution < -0.4 is 4.90 Å². The predicted molar refractivity (Wildman–Crippen MR) is 74.7 cm³/mol. The lowest BCUT2D eigenvalue weighted by atomic mass is 10.1. The molecule has 0 aliphatic heterocycles. The molecule has 1 nitrogen and oxygen atoms in total. The molecule has 0 aliphatic carbocycles. The number of rotatable bonds is 3. The summed E-state index contributed by atoms with van der Waals surface area (Å²) >= 11 is 6.13. The van der Waals surface area contributed by atoms with E-state index in [1.165, 1.54) is 11.3 Å². The summed E-state index contributed by atoms with van der Waals surface area (Å²) in [6.45, 7) is 2.95. The van der Waals surface area contributed by atoms with Gasteiger partial charge >= 0.3 is 0 Å². The number of hydrogen-bond donors (Lipinski definition) is 0. The molecule has 0 heterocycles. The smallest absolute Gasteiger partial charge is 0.0455 e. The largest absolute Gasteiger partial charge is 0.370 e. The van der Waals surface area contributed by atoms with Crippen molar-refractivity contribution in [2.45, 2.75) is 13.5 Å². The molecule has 17 heavy (non-hydrogen) atoms. The first-order valence-corrected chi connectivity index (χ1v) is 6.06. The molecular formula is C15H16ClN. The van der Waals surface area contributed by atoms with Crippen LogP contribution in [0.5, 0.6) is 0 Å². The van der Waals surface area contributed by atoms with E-state index in [1.54, 1.807) is 0 Å². The fourth-order valence-electron chi connectivity index (χ4n) is 1.95. The van der Waals surface area contributed by atoms with Crippen molar-refractivity contribution in [3.05, 3.63) is 64.7 Å². The second-order valence-corrected chi connectivity index (χ2v) is 4.63. The normalized spacial score (nSPS) is 10.3. The molecule has 0 N–H and O–H groups in total. The average molecular weight is 246 g/mol. The summed E-state index contributed by atoms with van der Waals surface area (Å²) in [6, 6.07) is 16.5. The van der Waals surface area contributed by atoms with E-state index in [2.05, 4.69) is 49.2 Å². The van der Waals surface area contributed by atoms with Gasteiger partial charge in [0.05, 0.1) is 0 Å². The van der Waals surface area contributed by atoms with Crippen LogP contribution in [0.3, 0.4) is 0 Å². The van der Waals surface area contributed by atoms with Crippen molar-refractivity contribution in [2.75, 3.05) is 11.9 Å². The van der Waals surface area contributed by atoms with E-state index in [0.717, 1.165) is 17.1 Å². The maximum Gasteiger partial charge on any atom is 0.0455 e. The summed E-state index contributed by atoms with van der Waals surface area (Å²) in [4.78, 5) is 2.22. The van der Waals surface area contributed by atoms with Gasteiger partial charge in [0.15, 0.2) is 0 Å². The Kier molecular flexibility index (Phi) is 3.70. The molecule has 0 saturated carbocycles. The van der Waals surface area contributed by atoms with E-state index in [1.807, 2.05) is 18.2 Å². The molecule has 0 aromatic heterocycles. The zero-order valence-corrected chi connectivity index (χ0v) is 10.9. The van der Waals surface area contributed by atoms with E-state index < -0.39 is 0 Å². The monoisotopic (exact) mass is 245 g/mol. The number of hydrogen-bond acceptors (Lipinski definition) is 1. The lowest BCUT2D eigenvalue weighted by Gasteiger charge is -2.22. The van der Waals surface area contributed by atoms with E-state index in [4.69, 9.17) is 11.6 Å². The van der Waals surface area contributed by atoms with Gasteiger partial charge in [0, 0.05) is 24.3 Å². The Morgan fingerprint density at radius 3 is 2.41 bits per heavy atom. The van der Waals surface area contributed by atoms with E-state index in [9.17, 15) is 0 Å². The maximum absolute atomic E-state index is 6.13. The lowest BCUT2D eigenvalue weighted by Crippen LogP contribution is -2.17. The zero-order chi connectivity index (χ0) is 12.3. The Morgan fingerprint density at radius 1 is 1.00 bits per heavy atom. The predicted octanol–water partition coefficient (Wildman–Crippen LogP) is 4.28. The Balaban J connectivity index is 2.20. The van der Waals surface area contributed by atoms with Crippen LogP contribution in [-0.4, -0.2) is 7.05 Å². The third kappa shape index (κ3) is 2.80. The number of nitrogens with zero attached hydrogens (tertiary/aromatic N) is 1. The van der Waals surface area contributed by atoms with Crippen LogP contribution in [0.15, 0.2) is 48.5 Å². The molecule has 2 heteroatoms. The van der Waals surface area contributed by atoms with Crippen molar-refractivity contribution in [3.63, 3.8) is 0 Å².